The number of hydrogen-bond donors (Lipinski definition) is 1. The fraction of sp³-hybridized carbons (Fsp3) is 0.231. The number of aliphatic carboxylic acids is 1. The average Bonchev–Trinajstić information content (AvgIpc) is 3.26. The van der Waals surface area contributed by atoms with Crippen LogP contribution in [0.2, 0.25) is 0 Å². The average molecular weight is 466 g/mol. The quantitative estimate of drug-likeness (QED) is 0.300. The molecule has 0 aliphatic heterocycles. The highest BCUT2D eigenvalue weighted by molar-refractivity contribution is 7.98. The van der Waals surface area contributed by atoms with Gasteiger partial charge in [-0.25, -0.2) is 9.78 Å². The lowest BCUT2D eigenvalue weighted by Gasteiger charge is -2.06. The maximum absolute atomic E-state index is 10.2. The maximum atomic E-state index is 10.2. The minimum absolute atomic E-state index is 0.287. The number of aryl methyl sites for hydroxylation is 1. The predicted octanol–water partition coefficient (Wildman–Crippen LogP) is 6.09. The van der Waals surface area contributed by atoms with Gasteiger partial charge in [0.25, 0.3) is 0 Å². The van der Waals surface area contributed by atoms with E-state index in [0.717, 1.165) is 46.8 Å². The van der Waals surface area contributed by atoms with Crippen molar-refractivity contribution < 1.29 is 23.8 Å². The van der Waals surface area contributed by atoms with Crippen molar-refractivity contribution in [3.63, 3.8) is 0 Å². The summed E-state index contributed by atoms with van der Waals surface area (Å²) < 4.78 is 16.5. The maximum Gasteiger partial charge on any atom is 0.341 e. The van der Waals surface area contributed by atoms with Gasteiger partial charge in [0.15, 0.2) is 12.2 Å². The smallest absolute Gasteiger partial charge is 0.341 e. The number of rotatable bonds is 9. The molecule has 33 heavy (non-hydrogen) atoms. The number of hydrogen-bond acceptors (Lipinski definition) is 6. The highest BCUT2D eigenvalue weighted by Crippen LogP contribution is 2.26. The normalized spacial score (nSPS) is 10.4. The van der Waals surface area contributed by atoms with Crippen molar-refractivity contribution >= 4 is 28.8 Å². The molecule has 4 rings (SSSR count). The van der Waals surface area contributed by atoms with Gasteiger partial charge in [0, 0.05) is 5.56 Å². The summed E-state index contributed by atoms with van der Waals surface area (Å²) in [5.41, 5.74) is 3.56. The van der Waals surface area contributed by atoms with Gasteiger partial charge in [-0.15, -0.1) is 0 Å². The number of carboxylic acid groups (broad SMARTS) is 1. The second kappa shape index (κ2) is 12.6. The van der Waals surface area contributed by atoms with Gasteiger partial charge in [0.05, 0.1) is 6.61 Å². The van der Waals surface area contributed by atoms with E-state index in [0.29, 0.717) is 11.6 Å². The van der Waals surface area contributed by atoms with E-state index < -0.39 is 5.97 Å². The predicted molar refractivity (Wildman–Crippen MR) is 132 cm³/mol. The number of nitrogens with zero attached hydrogens (tertiary/aromatic N) is 1. The molecule has 0 unspecified atom stereocenters. The Morgan fingerprint density at radius 3 is 2.58 bits per heavy atom. The fourth-order valence-corrected chi connectivity index (χ4v) is 3.37. The van der Waals surface area contributed by atoms with Crippen LogP contribution in [0.15, 0.2) is 77.2 Å². The number of aromatic nitrogens is 1. The SMILES string of the molecule is CSCCCOc1cccc(-c2nc3ccccc3o2)c1.Cc1ccccc1OCC(=O)O. The molecule has 0 aliphatic carbocycles. The molecule has 0 saturated heterocycles. The number of carbonyl (C=O) groups is 1. The second-order valence-electron chi connectivity index (χ2n) is 7.16. The van der Waals surface area contributed by atoms with Gasteiger partial charge in [-0.05, 0) is 67.3 Å². The van der Waals surface area contributed by atoms with E-state index in [9.17, 15) is 4.79 Å². The first-order chi connectivity index (χ1) is 16.1. The van der Waals surface area contributed by atoms with Crippen LogP contribution in [-0.4, -0.2) is 41.3 Å². The molecule has 0 fully saturated rings. The molecular weight excluding hydrogens is 438 g/mol. The van der Waals surface area contributed by atoms with Gasteiger partial charge >= 0.3 is 5.97 Å². The molecule has 0 saturated carbocycles. The van der Waals surface area contributed by atoms with Crippen LogP contribution in [0.25, 0.3) is 22.6 Å². The van der Waals surface area contributed by atoms with Gasteiger partial charge in [0.2, 0.25) is 5.89 Å². The molecule has 6 nitrogen and oxygen atoms in total. The van der Waals surface area contributed by atoms with Crippen LogP contribution in [0.3, 0.4) is 0 Å². The lowest BCUT2D eigenvalue weighted by molar-refractivity contribution is -0.139. The summed E-state index contributed by atoms with van der Waals surface area (Å²) in [6, 6.07) is 23.0. The third-order valence-corrected chi connectivity index (χ3v) is 5.28. The van der Waals surface area contributed by atoms with E-state index in [2.05, 4.69) is 11.2 Å². The summed E-state index contributed by atoms with van der Waals surface area (Å²) in [5.74, 6) is 2.27. The van der Waals surface area contributed by atoms with E-state index >= 15 is 0 Å². The zero-order valence-electron chi connectivity index (χ0n) is 18.7. The Hall–Kier alpha value is -3.45. The Bertz CT molecular complexity index is 1140. The van der Waals surface area contributed by atoms with Gasteiger partial charge < -0.3 is 19.0 Å². The van der Waals surface area contributed by atoms with Crippen LogP contribution in [0.5, 0.6) is 11.5 Å². The molecule has 1 N–H and O–H groups in total. The number of para-hydroxylation sites is 3. The first-order valence-corrected chi connectivity index (χ1v) is 11.9. The molecule has 0 spiro atoms. The Labute approximate surface area is 197 Å². The van der Waals surface area contributed by atoms with Gasteiger partial charge in [0.1, 0.15) is 17.0 Å². The molecule has 3 aromatic carbocycles. The molecule has 1 aromatic heterocycles. The summed E-state index contributed by atoms with van der Waals surface area (Å²) in [6.45, 7) is 2.32. The van der Waals surface area contributed by atoms with E-state index in [-0.39, 0.29) is 6.61 Å². The molecular formula is C26H27NO5S. The van der Waals surface area contributed by atoms with Crippen molar-refractivity contribution in [2.24, 2.45) is 0 Å². The number of oxazole rings is 1. The first-order valence-electron chi connectivity index (χ1n) is 10.5. The molecule has 0 aliphatic rings. The first kappa shape index (κ1) is 24.2. The van der Waals surface area contributed by atoms with Crippen molar-refractivity contribution in [1.29, 1.82) is 0 Å². The highest BCUT2D eigenvalue weighted by Gasteiger charge is 2.08. The molecule has 0 amide bonds. The third kappa shape index (κ3) is 7.57. The lowest BCUT2D eigenvalue weighted by atomic mass is 10.2. The van der Waals surface area contributed by atoms with Crippen molar-refractivity contribution in [3.05, 3.63) is 78.4 Å². The monoisotopic (exact) mass is 465 g/mol. The zero-order valence-corrected chi connectivity index (χ0v) is 19.5. The summed E-state index contributed by atoms with van der Waals surface area (Å²) >= 11 is 1.83. The van der Waals surface area contributed by atoms with Gasteiger partial charge in [-0.1, -0.05) is 36.4 Å². The molecule has 1 heterocycles. The molecule has 0 bridgehead atoms. The van der Waals surface area contributed by atoms with Crippen molar-refractivity contribution in [2.75, 3.05) is 25.2 Å². The van der Waals surface area contributed by atoms with Gasteiger partial charge in [-0.2, -0.15) is 11.8 Å². The minimum Gasteiger partial charge on any atom is -0.494 e. The fourth-order valence-electron chi connectivity index (χ4n) is 2.97. The standard InChI is InChI=1S/C17H17NO2S.C9H10O3/c1-21-11-5-10-19-14-7-4-6-13(12-14)17-18-15-8-2-3-9-16(15)20-17;1-7-4-2-3-5-8(7)12-6-9(10)11/h2-4,6-9,12H,5,10-11H2,1H3;2-5H,6H2,1H3,(H,10,11). The largest absolute Gasteiger partial charge is 0.494 e. The van der Waals surface area contributed by atoms with Crippen LogP contribution in [-0.2, 0) is 4.79 Å². The number of carboxylic acids is 1. The van der Waals surface area contributed by atoms with Crippen LogP contribution in [0, 0.1) is 6.92 Å². The Morgan fingerprint density at radius 1 is 1.03 bits per heavy atom. The van der Waals surface area contributed by atoms with Crippen LogP contribution in [0.4, 0.5) is 0 Å². The van der Waals surface area contributed by atoms with Crippen molar-refractivity contribution in [3.8, 4) is 23.0 Å². The molecule has 172 valence electrons. The number of ether oxygens (including phenoxy) is 2. The van der Waals surface area contributed by atoms with Crippen LogP contribution >= 0.6 is 11.8 Å². The highest BCUT2D eigenvalue weighted by atomic mass is 32.2. The van der Waals surface area contributed by atoms with Gasteiger partial charge in [-0.3, -0.25) is 0 Å². The van der Waals surface area contributed by atoms with Crippen LogP contribution < -0.4 is 9.47 Å². The zero-order chi connectivity index (χ0) is 23.5. The number of fused-ring (bicyclic) bond motifs is 1. The number of thioether (sulfide) groups is 1. The van der Waals surface area contributed by atoms with Crippen LogP contribution in [0.1, 0.15) is 12.0 Å². The summed E-state index contributed by atoms with van der Waals surface area (Å²) in [6.07, 6.45) is 3.15. The minimum atomic E-state index is -0.960. The Morgan fingerprint density at radius 2 is 1.82 bits per heavy atom. The van der Waals surface area contributed by atoms with E-state index in [1.54, 1.807) is 6.07 Å². The molecule has 0 radical (unpaired) electrons. The topological polar surface area (TPSA) is 81.8 Å². The number of benzene rings is 3. The van der Waals surface area contributed by atoms with E-state index in [4.69, 9.17) is 19.0 Å². The third-order valence-electron chi connectivity index (χ3n) is 4.58. The summed E-state index contributed by atoms with van der Waals surface area (Å²) in [5, 5.41) is 8.34. The van der Waals surface area contributed by atoms with Crippen molar-refractivity contribution in [2.45, 2.75) is 13.3 Å². The Kier molecular flexibility index (Phi) is 9.20. The van der Waals surface area contributed by atoms with E-state index in [1.165, 1.54) is 0 Å². The summed E-state index contributed by atoms with van der Waals surface area (Å²) in [4.78, 5) is 14.7. The summed E-state index contributed by atoms with van der Waals surface area (Å²) in [7, 11) is 0. The lowest BCUT2D eigenvalue weighted by Crippen LogP contribution is -2.09. The van der Waals surface area contributed by atoms with Crippen molar-refractivity contribution in [1.82, 2.24) is 4.98 Å². The van der Waals surface area contributed by atoms with E-state index in [1.807, 2.05) is 85.4 Å². The molecule has 7 heteroatoms. The Balaban J connectivity index is 0.000000218. The molecule has 4 aromatic rings. The molecule has 0 atom stereocenters. The second-order valence-corrected chi connectivity index (χ2v) is 8.14.